The third-order valence-electron chi connectivity index (χ3n) is 9.14. The molecule has 7 unspecified atom stereocenters. The quantitative estimate of drug-likeness (QED) is 0.0843. The lowest BCUT2D eigenvalue weighted by Gasteiger charge is -2.47. The van der Waals surface area contributed by atoms with Gasteiger partial charge in [0.25, 0.3) is 0 Å². The number of nitrogens with two attached hydrogens (primary N) is 5. The zero-order chi connectivity index (χ0) is 35.4. The summed E-state index contributed by atoms with van der Waals surface area (Å²) in [5, 5.41) is 76.7. The van der Waals surface area contributed by atoms with Crippen LogP contribution in [0.2, 0.25) is 0 Å². The van der Waals surface area contributed by atoms with Crippen molar-refractivity contribution in [1.82, 2.24) is 5.32 Å². The number of terminal acetylenes is 1. The van der Waals surface area contributed by atoms with Gasteiger partial charge >= 0.3 is 0 Å². The smallest absolute Gasteiger partial charge is 0.221 e. The average Bonchev–Trinajstić information content (AvgIpc) is 3.36. The number of ether oxygens (including phenoxy) is 6. The SMILES string of the molecule is C#CCCC(=O)NCC1O[C@H](OC2[C@@H](CO)O[C@@H](O[C@@H]3C(O)[C@H](N)CC(N)[C@H]3O[C@H]3OC(CN)[C@@H](O)[C@H](O)C3N)[C@H]2O)C(N)[C@H](O)[C@@H]1O. The van der Waals surface area contributed by atoms with Gasteiger partial charge < -0.3 is 98.2 Å². The highest BCUT2D eigenvalue weighted by atomic mass is 16.8. The fourth-order valence-electron chi connectivity index (χ4n) is 6.21. The molecule has 19 atom stereocenters. The van der Waals surface area contributed by atoms with Gasteiger partial charge in [0.1, 0.15) is 67.1 Å². The predicted molar refractivity (Wildman–Crippen MR) is 160 cm³/mol. The molecule has 4 aliphatic rings. The Labute approximate surface area is 276 Å². The highest BCUT2D eigenvalue weighted by Crippen LogP contribution is 2.34. The number of hydrogen-bond donors (Lipinski definition) is 13. The molecule has 4 fully saturated rings. The Balaban J connectivity index is 1.46. The van der Waals surface area contributed by atoms with Gasteiger partial charge in [0.2, 0.25) is 5.91 Å². The van der Waals surface area contributed by atoms with Crippen LogP contribution in [0.4, 0.5) is 0 Å². The molecule has 1 amide bonds. The molecule has 0 bridgehead atoms. The van der Waals surface area contributed by atoms with Crippen LogP contribution < -0.4 is 34.0 Å². The second-order valence-corrected chi connectivity index (χ2v) is 12.5. The first-order valence-corrected chi connectivity index (χ1v) is 15.8. The van der Waals surface area contributed by atoms with E-state index in [0.717, 1.165) is 0 Å². The van der Waals surface area contributed by atoms with Crippen LogP contribution in [0, 0.1) is 12.3 Å². The molecule has 3 heterocycles. The van der Waals surface area contributed by atoms with Crippen LogP contribution in [0.5, 0.6) is 0 Å². The maximum Gasteiger partial charge on any atom is 0.221 e. The first-order valence-electron chi connectivity index (χ1n) is 15.8. The zero-order valence-electron chi connectivity index (χ0n) is 26.2. The van der Waals surface area contributed by atoms with Gasteiger partial charge in [0.05, 0.1) is 24.8 Å². The minimum atomic E-state index is -1.67. The van der Waals surface area contributed by atoms with Crippen molar-refractivity contribution in [2.45, 2.75) is 136 Å². The van der Waals surface area contributed by atoms with Gasteiger partial charge in [-0.2, -0.15) is 0 Å². The molecular weight excluding hydrogens is 644 g/mol. The van der Waals surface area contributed by atoms with Gasteiger partial charge in [-0.05, 0) is 6.42 Å². The fraction of sp³-hybridized carbons (Fsp3) is 0.893. The van der Waals surface area contributed by atoms with Crippen molar-refractivity contribution in [3.05, 3.63) is 0 Å². The van der Waals surface area contributed by atoms with Crippen LogP contribution in [-0.2, 0) is 33.2 Å². The van der Waals surface area contributed by atoms with Crippen LogP contribution in [0.25, 0.3) is 0 Å². The lowest BCUT2D eigenvalue weighted by molar-refractivity contribution is -0.306. The largest absolute Gasteiger partial charge is 0.394 e. The van der Waals surface area contributed by atoms with E-state index in [-0.39, 0.29) is 32.4 Å². The maximum absolute atomic E-state index is 12.0. The van der Waals surface area contributed by atoms with E-state index in [2.05, 4.69) is 11.2 Å². The Hall–Kier alpha value is -1.69. The molecule has 1 aliphatic carbocycles. The molecule has 0 radical (unpaired) electrons. The number of carbonyl (C=O) groups is 1. The summed E-state index contributed by atoms with van der Waals surface area (Å²) in [4.78, 5) is 12.0. The molecule has 3 saturated heterocycles. The van der Waals surface area contributed by atoms with Crippen molar-refractivity contribution in [3.8, 4) is 12.3 Å². The highest BCUT2D eigenvalue weighted by molar-refractivity contribution is 5.76. The number of amides is 1. The lowest BCUT2D eigenvalue weighted by atomic mass is 9.84. The van der Waals surface area contributed by atoms with Crippen molar-refractivity contribution in [2.24, 2.45) is 28.7 Å². The Bertz CT molecular complexity index is 1090. The van der Waals surface area contributed by atoms with E-state index < -0.39 is 129 Å². The summed E-state index contributed by atoms with van der Waals surface area (Å²) in [7, 11) is 0. The van der Waals surface area contributed by atoms with Gasteiger partial charge in [-0.3, -0.25) is 4.79 Å². The van der Waals surface area contributed by atoms with Crippen molar-refractivity contribution in [3.63, 3.8) is 0 Å². The van der Waals surface area contributed by atoms with Crippen molar-refractivity contribution in [2.75, 3.05) is 19.7 Å². The Morgan fingerprint density at radius 3 is 1.85 bits per heavy atom. The second kappa shape index (κ2) is 17.0. The standard InChI is InChI=1S/C28H50N6O14/c1-2-3-4-14(36)34-7-12-19(39)21(41)16(33)27(44-12)47-24-13(8-35)45-28(22(24)42)48-25-17(37)9(30)5-10(31)23(25)46-26-15(32)20(40)18(38)11(6-29)43-26/h1,9-13,15-28,35,37-42H,3-8,29-33H2,(H,34,36)/t9-,10?,11?,12?,13-,15?,16?,17?,18-,19-,20-,21+,22+,23-,24?,25-,26-,27-,28+/m1/s1. The summed E-state index contributed by atoms with van der Waals surface area (Å²) >= 11 is 0. The van der Waals surface area contributed by atoms with E-state index in [1.165, 1.54) is 0 Å². The van der Waals surface area contributed by atoms with Gasteiger partial charge in [0, 0.05) is 38.0 Å². The molecule has 0 aromatic rings. The second-order valence-electron chi connectivity index (χ2n) is 12.5. The number of nitrogens with one attached hydrogen (secondary N) is 1. The van der Waals surface area contributed by atoms with Gasteiger partial charge in [-0.15, -0.1) is 12.3 Å². The fourth-order valence-corrected chi connectivity index (χ4v) is 6.21. The summed E-state index contributed by atoms with van der Waals surface area (Å²) in [6, 6.07) is -4.37. The highest BCUT2D eigenvalue weighted by Gasteiger charge is 2.54. The van der Waals surface area contributed by atoms with Crippen LogP contribution in [0.3, 0.4) is 0 Å². The Morgan fingerprint density at radius 1 is 0.729 bits per heavy atom. The third-order valence-corrected chi connectivity index (χ3v) is 9.14. The topological polar surface area (TPSA) is 356 Å². The van der Waals surface area contributed by atoms with Gasteiger partial charge in [-0.25, -0.2) is 0 Å². The number of carbonyl (C=O) groups excluding carboxylic acids is 1. The molecule has 18 N–H and O–H groups in total. The molecule has 20 nitrogen and oxygen atoms in total. The first kappa shape index (κ1) is 39.1. The molecule has 20 heteroatoms. The van der Waals surface area contributed by atoms with Crippen LogP contribution in [0.15, 0.2) is 0 Å². The van der Waals surface area contributed by atoms with Gasteiger partial charge in [-0.1, -0.05) is 0 Å². The van der Waals surface area contributed by atoms with Crippen molar-refractivity contribution in [1.29, 1.82) is 0 Å². The molecule has 276 valence electrons. The molecule has 1 saturated carbocycles. The summed E-state index contributed by atoms with van der Waals surface area (Å²) in [5.74, 6) is 1.92. The van der Waals surface area contributed by atoms with Crippen molar-refractivity contribution >= 4 is 5.91 Å². The molecular formula is C28H50N6O14. The molecule has 4 rings (SSSR count). The van der Waals surface area contributed by atoms with Gasteiger partial charge in [0.15, 0.2) is 18.9 Å². The number of hydrogen-bond acceptors (Lipinski definition) is 19. The minimum Gasteiger partial charge on any atom is -0.394 e. The molecule has 3 aliphatic heterocycles. The zero-order valence-corrected chi connectivity index (χ0v) is 26.2. The van der Waals surface area contributed by atoms with E-state index in [4.69, 9.17) is 63.5 Å². The van der Waals surface area contributed by atoms with E-state index >= 15 is 0 Å². The lowest BCUT2D eigenvalue weighted by Crippen LogP contribution is -2.68. The summed E-state index contributed by atoms with van der Waals surface area (Å²) in [6.07, 6.45) is -15.4. The Morgan fingerprint density at radius 2 is 1.27 bits per heavy atom. The van der Waals surface area contributed by atoms with Crippen molar-refractivity contribution < 1.29 is 69.0 Å². The van der Waals surface area contributed by atoms with Crippen LogP contribution in [-0.4, -0.2) is 178 Å². The summed E-state index contributed by atoms with van der Waals surface area (Å²) in [6.45, 7) is -1.10. The summed E-state index contributed by atoms with van der Waals surface area (Å²) in [5.41, 5.74) is 30.2. The van der Waals surface area contributed by atoms with Crippen LogP contribution >= 0.6 is 0 Å². The third kappa shape index (κ3) is 8.43. The number of aliphatic hydroxyl groups excluding tert-OH is 7. The average molecular weight is 695 g/mol. The van der Waals surface area contributed by atoms with Crippen LogP contribution in [0.1, 0.15) is 19.3 Å². The van der Waals surface area contributed by atoms with E-state index in [1.54, 1.807) is 0 Å². The van der Waals surface area contributed by atoms with E-state index in [1.807, 2.05) is 0 Å². The minimum absolute atomic E-state index is 0.0314. The van der Waals surface area contributed by atoms with E-state index in [9.17, 15) is 40.5 Å². The molecule has 0 spiro atoms. The molecule has 0 aromatic heterocycles. The molecule has 0 aromatic carbocycles. The maximum atomic E-state index is 12.0. The number of aliphatic hydroxyl groups is 7. The predicted octanol–water partition coefficient (Wildman–Crippen LogP) is -8.32. The Kier molecular flexibility index (Phi) is 13.9. The monoisotopic (exact) mass is 694 g/mol. The molecule has 48 heavy (non-hydrogen) atoms. The number of rotatable bonds is 12. The summed E-state index contributed by atoms with van der Waals surface area (Å²) < 4.78 is 35.0. The van der Waals surface area contributed by atoms with E-state index in [0.29, 0.717) is 0 Å². The first-order chi connectivity index (χ1) is 22.7. The normalized spacial score (nSPS) is 48.2.